The van der Waals surface area contributed by atoms with Crippen LogP contribution in [0.4, 0.5) is 17.1 Å². The lowest BCUT2D eigenvalue weighted by atomic mass is 10.0. The quantitative estimate of drug-likeness (QED) is 0.122. The average molecular weight is 534 g/mol. The highest BCUT2D eigenvalue weighted by Gasteiger charge is 2.13. The molecule has 0 bridgehead atoms. The molecule has 208 valence electrons. The Hall–Kier alpha value is -4.31. The van der Waals surface area contributed by atoms with Gasteiger partial charge in [0.1, 0.15) is 23.7 Å². The van der Waals surface area contributed by atoms with Crippen molar-refractivity contribution in [3.63, 3.8) is 0 Å². The lowest BCUT2D eigenvalue weighted by Crippen LogP contribution is -2.38. The zero-order valence-corrected chi connectivity index (χ0v) is 22.9. The predicted octanol–water partition coefficient (Wildman–Crippen LogP) is 4.58. The molecule has 0 atom stereocenters. The van der Waals surface area contributed by atoms with E-state index in [4.69, 9.17) is 14.2 Å². The third-order valence-electron chi connectivity index (χ3n) is 6.10. The number of nitrogens with one attached hydrogen (secondary N) is 4. The van der Waals surface area contributed by atoms with E-state index in [1.54, 1.807) is 39.9 Å². The minimum Gasteiger partial charge on any atom is -0.497 e. The van der Waals surface area contributed by atoms with Gasteiger partial charge in [0.05, 0.1) is 19.9 Å². The highest BCUT2D eigenvalue weighted by molar-refractivity contribution is 5.99. The second kappa shape index (κ2) is 16.5. The predicted molar refractivity (Wildman–Crippen MR) is 161 cm³/mol. The molecule has 0 saturated carbocycles. The zero-order valence-electron chi connectivity index (χ0n) is 22.9. The summed E-state index contributed by atoms with van der Waals surface area (Å²) >= 11 is 0. The Balaban J connectivity index is 1.58. The average Bonchev–Trinajstić information content (AvgIpc) is 2.98. The molecular weight excluding hydrogens is 494 g/mol. The molecule has 39 heavy (non-hydrogen) atoms. The second-order valence-corrected chi connectivity index (χ2v) is 8.76. The zero-order chi connectivity index (χ0) is 27.7. The summed E-state index contributed by atoms with van der Waals surface area (Å²) in [6.07, 6.45) is 9.11. The van der Waals surface area contributed by atoms with Gasteiger partial charge in [-0.15, -0.1) is 0 Å². The minimum atomic E-state index is 0.469. The third-order valence-corrected chi connectivity index (χ3v) is 6.10. The number of aliphatic imine (C=N–C) groups is 3. The summed E-state index contributed by atoms with van der Waals surface area (Å²) < 4.78 is 16.2. The maximum absolute atomic E-state index is 5.45. The molecule has 10 nitrogen and oxygen atoms in total. The van der Waals surface area contributed by atoms with Crippen LogP contribution in [0.3, 0.4) is 0 Å². The molecule has 1 saturated heterocycles. The number of benzene rings is 2. The fourth-order valence-corrected chi connectivity index (χ4v) is 3.94. The van der Waals surface area contributed by atoms with Gasteiger partial charge in [0.2, 0.25) is 0 Å². The number of rotatable bonds is 14. The number of hydrogen-bond acceptors (Lipinski definition) is 8. The van der Waals surface area contributed by atoms with Crippen LogP contribution in [0.2, 0.25) is 0 Å². The molecule has 0 radical (unpaired) electrons. The molecular formula is C29H39N7O3. The van der Waals surface area contributed by atoms with Gasteiger partial charge in [0, 0.05) is 74.7 Å². The van der Waals surface area contributed by atoms with Gasteiger partial charge in [-0.25, -0.2) is 4.99 Å². The smallest absolute Gasteiger partial charge is 0.144 e. The van der Waals surface area contributed by atoms with Gasteiger partial charge in [0.25, 0.3) is 0 Å². The molecule has 1 aliphatic heterocycles. The third kappa shape index (κ3) is 10.2. The Labute approximate surface area is 231 Å². The number of anilines is 2. The first kappa shape index (κ1) is 29.2. The Morgan fingerprint density at radius 1 is 1.05 bits per heavy atom. The first-order valence-corrected chi connectivity index (χ1v) is 12.9. The molecule has 0 unspecified atom stereocenters. The standard InChI is InChI=1S/C29H39N7O3/c1-30-12-6-7-23(20-33-26-16-27(37-3)18-28(17-26)38-4)29(31-2)36-35-21-34-25-9-5-8-24(15-25)32-19-22-10-13-39-14-11-22/h5-9,12,15-18,21-22,32-33H,1,10-11,13-14,19-20H2,2-4H3,(H,31,36)(H,34,35)/b12-6-,23-7+. The summed E-state index contributed by atoms with van der Waals surface area (Å²) in [4.78, 5) is 12.7. The summed E-state index contributed by atoms with van der Waals surface area (Å²) in [6, 6.07) is 13.6. The monoisotopic (exact) mass is 533 g/mol. The summed E-state index contributed by atoms with van der Waals surface area (Å²) in [5.74, 6) is 2.66. The fraction of sp³-hybridized carbons (Fsp3) is 0.345. The van der Waals surface area contributed by atoms with Crippen LogP contribution in [0.25, 0.3) is 0 Å². The van der Waals surface area contributed by atoms with Crippen molar-refractivity contribution in [2.75, 3.05) is 58.2 Å². The van der Waals surface area contributed by atoms with E-state index in [1.165, 1.54) is 0 Å². The fourth-order valence-electron chi connectivity index (χ4n) is 3.94. The highest BCUT2D eigenvalue weighted by atomic mass is 16.5. The van der Waals surface area contributed by atoms with Crippen molar-refractivity contribution in [1.82, 2.24) is 10.9 Å². The summed E-state index contributed by atoms with van der Waals surface area (Å²) in [5, 5.41) is 6.91. The molecule has 0 spiro atoms. The van der Waals surface area contributed by atoms with Gasteiger partial charge in [0.15, 0.2) is 0 Å². The largest absolute Gasteiger partial charge is 0.497 e. The van der Waals surface area contributed by atoms with E-state index in [0.29, 0.717) is 29.8 Å². The molecule has 1 fully saturated rings. The van der Waals surface area contributed by atoms with Crippen molar-refractivity contribution in [1.29, 1.82) is 0 Å². The van der Waals surface area contributed by atoms with E-state index in [0.717, 1.165) is 55.2 Å². The van der Waals surface area contributed by atoms with Crippen LogP contribution >= 0.6 is 0 Å². The van der Waals surface area contributed by atoms with Crippen molar-refractivity contribution < 1.29 is 14.2 Å². The lowest BCUT2D eigenvalue weighted by Gasteiger charge is -2.22. The molecule has 0 amide bonds. The number of nitrogens with zero attached hydrogens (tertiary/aromatic N) is 3. The van der Waals surface area contributed by atoms with Crippen molar-refractivity contribution in [2.45, 2.75) is 12.8 Å². The molecule has 2 aromatic rings. The van der Waals surface area contributed by atoms with Gasteiger partial charge in [-0.1, -0.05) is 12.1 Å². The van der Waals surface area contributed by atoms with Gasteiger partial charge >= 0.3 is 0 Å². The Morgan fingerprint density at radius 2 is 1.82 bits per heavy atom. The van der Waals surface area contributed by atoms with Crippen molar-refractivity contribution in [2.24, 2.45) is 20.9 Å². The van der Waals surface area contributed by atoms with Crippen LogP contribution in [0.1, 0.15) is 12.8 Å². The van der Waals surface area contributed by atoms with Gasteiger partial charge in [-0.3, -0.25) is 20.8 Å². The number of hydrazine groups is 1. The lowest BCUT2D eigenvalue weighted by molar-refractivity contribution is 0.0699. The summed E-state index contributed by atoms with van der Waals surface area (Å²) in [6.45, 7) is 6.60. The van der Waals surface area contributed by atoms with Crippen LogP contribution in [0, 0.1) is 5.92 Å². The molecule has 1 heterocycles. The van der Waals surface area contributed by atoms with Gasteiger partial charge in [-0.2, -0.15) is 0 Å². The van der Waals surface area contributed by atoms with Crippen molar-refractivity contribution in [3.05, 3.63) is 66.4 Å². The van der Waals surface area contributed by atoms with E-state index in [2.05, 4.69) is 49.2 Å². The Morgan fingerprint density at radius 3 is 2.51 bits per heavy atom. The van der Waals surface area contributed by atoms with E-state index < -0.39 is 0 Å². The van der Waals surface area contributed by atoms with Crippen LogP contribution < -0.4 is 31.0 Å². The van der Waals surface area contributed by atoms with E-state index in [9.17, 15) is 0 Å². The number of amidine groups is 1. The minimum absolute atomic E-state index is 0.469. The molecule has 1 aliphatic rings. The summed E-state index contributed by atoms with van der Waals surface area (Å²) in [7, 11) is 4.96. The van der Waals surface area contributed by atoms with E-state index in [-0.39, 0.29) is 0 Å². The van der Waals surface area contributed by atoms with Crippen LogP contribution in [0.5, 0.6) is 11.5 Å². The normalized spacial score (nSPS) is 14.8. The molecule has 10 heteroatoms. The summed E-state index contributed by atoms with van der Waals surface area (Å²) in [5.41, 5.74) is 9.74. The van der Waals surface area contributed by atoms with Gasteiger partial charge in [-0.05, 0) is 49.8 Å². The maximum atomic E-state index is 5.45. The second-order valence-electron chi connectivity index (χ2n) is 8.76. The van der Waals surface area contributed by atoms with Crippen LogP contribution in [0.15, 0.2) is 81.4 Å². The highest BCUT2D eigenvalue weighted by Crippen LogP contribution is 2.26. The molecule has 0 aliphatic carbocycles. The number of allylic oxidation sites excluding steroid dienone is 2. The van der Waals surface area contributed by atoms with Crippen molar-refractivity contribution >= 4 is 36.0 Å². The number of ether oxygens (including phenoxy) is 3. The Bertz CT molecular complexity index is 1150. The first-order valence-electron chi connectivity index (χ1n) is 12.9. The number of hydrogen-bond donors (Lipinski definition) is 4. The van der Waals surface area contributed by atoms with E-state index in [1.807, 2.05) is 42.5 Å². The van der Waals surface area contributed by atoms with Crippen LogP contribution in [-0.2, 0) is 4.74 Å². The SMILES string of the molecule is C=N/C=C\C=C(/CNc1cc(OC)cc(OC)c1)C(=NC)NNC=Nc1cccc(NCC2CCOCC2)c1. The first-order chi connectivity index (χ1) is 19.1. The van der Waals surface area contributed by atoms with Gasteiger partial charge < -0.3 is 24.8 Å². The van der Waals surface area contributed by atoms with E-state index >= 15 is 0 Å². The molecule has 4 N–H and O–H groups in total. The van der Waals surface area contributed by atoms with Crippen LogP contribution in [-0.4, -0.2) is 66.5 Å². The molecule has 2 aromatic carbocycles. The molecule has 3 rings (SSSR count). The van der Waals surface area contributed by atoms with Crippen molar-refractivity contribution in [3.8, 4) is 11.5 Å². The topological polar surface area (TPSA) is 113 Å². The number of methoxy groups -OCH3 is 2. The Kier molecular flexibility index (Phi) is 12.4. The molecule has 0 aromatic heterocycles. The maximum Gasteiger partial charge on any atom is 0.144 e.